The monoisotopic (exact) mass is 300 g/mol. The molecule has 1 unspecified atom stereocenters. The van der Waals surface area contributed by atoms with Gasteiger partial charge in [0.25, 0.3) is 0 Å². The highest BCUT2D eigenvalue weighted by atomic mass is 79.9. The Bertz CT molecular complexity index is 332. The summed E-state index contributed by atoms with van der Waals surface area (Å²) in [6.07, 6.45) is 7.79. The van der Waals surface area contributed by atoms with Gasteiger partial charge in [0.1, 0.15) is 0 Å². The molecule has 0 aliphatic heterocycles. The summed E-state index contributed by atoms with van der Waals surface area (Å²) >= 11 is 3.35. The molecule has 0 radical (unpaired) electrons. The smallest absolute Gasteiger partial charge is 0.245 e. The number of rotatable bonds is 7. The molecule has 0 saturated heterocycles. The van der Waals surface area contributed by atoms with Crippen LogP contribution in [0, 0.1) is 5.92 Å². The highest BCUT2D eigenvalue weighted by molar-refractivity contribution is 9.09. The van der Waals surface area contributed by atoms with E-state index in [1.807, 2.05) is 6.92 Å². The molecule has 1 atom stereocenters. The second-order valence-electron chi connectivity index (χ2n) is 3.91. The van der Waals surface area contributed by atoms with Crippen molar-refractivity contribution >= 4 is 27.5 Å². The summed E-state index contributed by atoms with van der Waals surface area (Å²) in [7, 11) is 0. The number of amides is 1. The predicted molar refractivity (Wildman–Crippen MR) is 77.4 cm³/mol. The maximum atomic E-state index is 10.8. The Morgan fingerprint density at radius 1 is 1.41 bits per heavy atom. The average Bonchev–Trinajstić information content (AvgIpc) is 2.31. The average molecular weight is 301 g/mol. The van der Waals surface area contributed by atoms with Crippen molar-refractivity contribution in [3.63, 3.8) is 0 Å². The summed E-state index contributed by atoms with van der Waals surface area (Å²) in [6, 6.07) is 0. The molecular weight excluding hydrogens is 280 g/mol. The van der Waals surface area contributed by atoms with Crippen molar-refractivity contribution in [2.45, 2.75) is 33.6 Å². The molecule has 0 rings (SSSR count). The molecule has 0 bridgehead atoms. The van der Waals surface area contributed by atoms with E-state index >= 15 is 0 Å². The first-order chi connectivity index (χ1) is 8.02. The normalized spacial score (nSPS) is 15.3. The van der Waals surface area contributed by atoms with Crippen molar-refractivity contribution in [1.82, 2.24) is 0 Å². The zero-order valence-electron chi connectivity index (χ0n) is 10.7. The first-order valence-corrected chi connectivity index (χ1v) is 6.86. The highest BCUT2D eigenvalue weighted by Crippen LogP contribution is 2.12. The Labute approximate surface area is 112 Å². The molecule has 96 valence electrons. The third-order valence-corrected chi connectivity index (χ3v) is 2.98. The number of alkyl halides is 1. The lowest BCUT2D eigenvalue weighted by atomic mass is 9.97. The van der Waals surface area contributed by atoms with Gasteiger partial charge in [-0.15, -0.1) is 0 Å². The van der Waals surface area contributed by atoms with Gasteiger partial charge in [0, 0.05) is 28.7 Å². The number of hydrogen-bond donors (Lipinski definition) is 1. The number of nitrogens with two attached hydrogens (primary N) is 1. The van der Waals surface area contributed by atoms with Gasteiger partial charge >= 0.3 is 0 Å². The first-order valence-electron chi connectivity index (χ1n) is 5.74. The maximum absolute atomic E-state index is 10.8. The van der Waals surface area contributed by atoms with Crippen molar-refractivity contribution in [2.24, 2.45) is 16.6 Å². The topological polar surface area (TPSA) is 55.4 Å². The summed E-state index contributed by atoms with van der Waals surface area (Å²) in [5, 5.41) is 0.875. The van der Waals surface area contributed by atoms with Gasteiger partial charge in [-0.05, 0) is 26.7 Å². The van der Waals surface area contributed by atoms with Gasteiger partial charge in [-0.25, -0.2) is 0 Å². The number of carbonyl (C=O) groups is 1. The molecular formula is C13H21BrN2O. The van der Waals surface area contributed by atoms with Crippen molar-refractivity contribution in [2.75, 3.05) is 5.33 Å². The summed E-state index contributed by atoms with van der Waals surface area (Å²) in [5.41, 5.74) is 6.65. The minimum absolute atomic E-state index is 0.419. The molecule has 0 aromatic rings. The van der Waals surface area contributed by atoms with E-state index < -0.39 is 5.91 Å². The standard InChI is InChI=1S/C13H21BrN2O/c1-4-12(7-5-6-8-14)11(3)16-9-10(2)13(15)17/h5-6,9,12H,4,7-8H2,1-3H3,(H2,15,17)/b6-5-,10-9+,16-11-. The highest BCUT2D eigenvalue weighted by Gasteiger charge is 2.07. The number of carbonyl (C=O) groups excluding carboxylic acids is 1. The quantitative estimate of drug-likeness (QED) is 0.334. The van der Waals surface area contributed by atoms with Gasteiger partial charge in [0.05, 0.1) is 0 Å². The summed E-state index contributed by atoms with van der Waals surface area (Å²) in [4.78, 5) is 15.1. The molecule has 0 spiro atoms. The minimum Gasteiger partial charge on any atom is -0.366 e. The van der Waals surface area contributed by atoms with Crippen LogP contribution in [0.25, 0.3) is 0 Å². The molecule has 0 aromatic carbocycles. The molecule has 3 nitrogen and oxygen atoms in total. The van der Waals surface area contributed by atoms with Crippen LogP contribution in [-0.2, 0) is 4.79 Å². The van der Waals surface area contributed by atoms with Crippen LogP contribution in [0.2, 0.25) is 0 Å². The Kier molecular flexibility index (Phi) is 8.68. The molecule has 0 aliphatic carbocycles. The van der Waals surface area contributed by atoms with E-state index in [2.05, 4.69) is 40.0 Å². The number of hydrogen-bond acceptors (Lipinski definition) is 2. The third kappa shape index (κ3) is 7.10. The van der Waals surface area contributed by atoms with Gasteiger partial charge < -0.3 is 5.73 Å². The molecule has 2 N–H and O–H groups in total. The number of nitrogens with zero attached hydrogens (tertiary/aromatic N) is 1. The predicted octanol–water partition coefficient (Wildman–Crippen LogP) is 3.20. The first kappa shape index (κ1) is 16.1. The SMILES string of the molecule is CCC(C/C=C\CBr)/C(C)=N\C=C(/C)C(N)=O. The van der Waals surface area contributed by atoms with Crippen LogP contribution in [0.5, 0.6) is 0 Å². The lowest BCUT2D eigenvalue weighted by Crippen LogP contribution is -2.12. The maximum Gasteiger partial charge on any atom is 0.245 e. The zero-order valence-corrected chi connectivity index (χ0v) is 12.3. The Morgan fingerprint density at radius 3 is 2.53 bits per heavy atom. The van der Waals surface area contributed by atoms with Crippen LogP contribution in [-0.4, -0.2) is 16.9 Å². The van der Waals surface area contributed by atoms with Crippen molar-refractivity contribution in [3.8, 4) is 0 Å². The van der Waals surface area contributed by atoms with E-state index in [0.717, 1.165) is 23.9 Å². The van der Waals surface area contributed by atoms with Crippen LogP contribution in [0.1, 0.15) is 33.6 Å². The number of primary amides is 1. The number of halogens is 1. The molecule has 17 heavy (non-hydrogen) atoms. The zero-order chi connectivity index (χ0) is 13.3. The molecule has 0 saturated carbocycles. The fourth-order valence-corrected chi connectivity index (χ4v) is 1.59. The van der Waals surface area contributed by atoms with Gasteiger partial charge in [-0.1, -0.05) is 35.0 Å². The largest absolute Gasteiger partial charge is 0.366 e. The van der Waals surface area contributed by atoms with E-state index in [4.69, 9.17) is 5.73 Å². The van der Waals surface area contributed by atoms with Gasteiger partial charge in [0.15, 0.2) is 0 Å². The third-order valence-electron chi connectivity index (χ3n) is 2.61. The second-order valence-corrected chi connectivity index (χ2v) is 4.56. The van der Waals surface area contributed by atoms with E-state index in [0.29, 0.717) is 11.5 Å². The minimum atomic E-state index is -0.422. The Morgan fingerprint density at radius 2 is 2.06 bits per heavy atom. The molecule has 0 aliphatic rings. The van der Waals surface area contributed by atoms with Crippen molar-refractivity contribution in [3.05, 3.63) is 23.9 Å². The van der Waals surface area contributed by atoms with E-state index in [1.54, 1.807) is 13.1 Å². The lowest BCUT2D eigenvalue weighted by Gasteiger charge is -2.11. The van der Waals surface area contributed by atoms with Crippen molar-refractivity contribution in [1.29, 1.82) is 0 Å². The molecule has 4 heteroatoms. The fourth-order valence-electron chi connectivity index (χ4n) is 1.32. The van der Waals surface area contributed by atoms with Crippen molar-refractivity contribution < 1.29 is 4.79 Å². The molecule has 0 heterocycles. The van der Waals surface area contributed by atoms with Crippen LogP contribution in [0.4, 0.5) is 0 Å². The van der Waals surface area contributed by atoms with Gasteiger partial charge in [-0.2, -0.15) is 0 Å². The Hall–Kier alpha value is -0.900. The number of allylic oxidation sites excluding steroid dienone is 2. The molecule has 0 aromatic heterocycles. The van der Waals surface area contributed by atoms with E-state index in [9.17, 15) is 4.79 Å². The second kappa shape index (κ2) is 9.16. The van der Waals surface area contributed by atoms with Crippen LogP contribution in [0.15, 0.2) is 28.9 Å². The van der Waals surface area contributed by atoms with E-state index in [1.165, 1.54) is 0 Å². The Balaban J connectivity index is 4.57. The van der Waals surface area contributed by atoms with Gasteiger partial charge in [0.2, 0.25) is 5.91 Å². The summed E-state index contributed by atoms with van der Waals surface area (Å²) in [5.74, 6) is -0.00369. The lowest BCUT2D eigenvalue weighted by molar-refractivity contribution is -0.114. The van der Waals surface area contributed by atoms with E-state index in [-0.39, 0.29) is 0 Å². The molecule has 1 amide bonds. The van der Waals surface area contributed by atoms with Crippen LogP contribution < -0.4 is 5.73 Å². The van der Waals surface area contributed by atoms with Crippen LogP contribution in [0.3, 0.4) is 0 Å². The molecule has 0 fully saturated rings. The fraction of sp³-hybridized carbons (Fsp3) is 0.538. The van der Waals surface area contributed by atoms with Gasteiger partial charge in [-0.3, -0.25) is 9.79 Å². The number of aliphatic imine (C=N–C) groups is 1. The summed E-state index contributed by atoms with van der Waals surface area (Å²) < 4.78 is 0. The van der Waals surface area contributed by atoms with Crippen LogP contribution >= 0.6 is 15.9 Å². The summed E-state index contributed by atoms with van der Waals surface area (Å²) in [6.45, 7) is 5.79.